The fourth-order valence-electron chi connectivity index (χ4n) is 4.07. The molecule has 0 saturated carbocycles. The summed E-state index contributed by atoms with van der Waals surface area (Å²) < 4.78 is 11.2. The largest absolute Gasteiger partial charge is 0.486 e. The summed E-state index contributed by atoms with van der Waals surface area (Å²) in [5.74, 6) is 0.891. The summed E-state index contributed by atoms with van der Waals surface area (Å²) in [6.45, 7) is 5.91. The highest BCUT2D eigenvalue weighted by atomic mass is 16.6. The Labute approximate surface area is 182 Å². The predicted octanol–water partition coefficient (Wildman–Crippen LogP) is 2.84. The van der Waals surface area contributed by atoms with Gasteiger partial charge in [0.1, 0.15) is 13.2 Å². The smallest absolute Gasteiger partial charge is 0.227 e. The fourth-order valence-corrected chi connectivity index (χ4v) is 4.07. The number of hydrogen-bond acceptors (Lipinski definition) is 5. The van der Waals surface area contributed by atoms with Crippen LogP contribution in [0.1, 0.15) is 19.8 Å². The second-order valence-corrected chi connectivity index (χ2v) is 7.79. The van der Waals surface area contributed by atoms with Crippen molar-refractivity contribution in [2.75, 3.05) is 49.2 Å². The first-order chi connectivity index (χ1) is 15.2. The van der Waals surface area contributed by atoms with Crippen molar-refractivity contribution in [3.05, 3.63) is 48.5 Å². The van der Waals surface area contributed by atoms with Gasteiger partial charge in [0.2, 0.25) is 11.8 Å². The van der Waals surface area contributed by atoms with E-state index in [1.54, 1.807) is 4.90 Å². The molecule has 0 radical (unpaired) electrons. The Balaban J connectivity index is 1.27. The monoisotopic (exact) mass is 423 g/mol. The van der Waals surface area contributed by atoms with Crippen LogP contribution in [-0.2, 0) is 9.59 Å². The van der Waals surface area contributed by atoms with E-state index in [9.17, 15) is 9.59 Å². The lowest BCUT2D eigenvalue weighted by Gasteiger charge is -2.23. The van der Waals surface area contributed by atoms with Crippen LogP contribution in [0.3, 0.4) is 0 Å². The first-order valence-electron chi connectivity index (χ1n) is 10.9. The number of fused-ring (bicyclic) bond motifs is 1. The Hall–Kier alpha value is -3.22. The van der Waals surface area contributed by atoms with E-state index in [1.807, 2.05) is 36.4 Å². The lowest BCUT2D eigenvalue weighted by molar-refractivity contribution is -0.126. The maximum Gasteiger partial charge on any atom is 0.227 e. The SMILES string of the molecule is CCN(CCCNC(=O)C1CC(=O)N(c2ccc3c(c2)OCCO3)C1)c1ccccc1. The lowest BCUT2D eigenvalue weighted by Crippen LogP contribution is -2.35. The van der Waals surface area contributed by atoms with Crippen LogP contribution in [0.25, 0.3) is 0 Å². The predicted molar refractivity (Wildman–Crippen MR) is 120 cm³/mol. The molecule has 0 spiro atoms. The minimum Gasteiger partial charge on any atom is -0.486 e. The number of anilines is 2. The van der Waals surface area contributed by atoms with Gasteiger partial charge >= 0.3 is 0 Å². The Kier molecular flexibility index (Phi) is 6.60. The third-order valence-corrected chi connectivity index (χ3v) is 5.74. The van der Waals surface area contributed by atoms with Crippen molar-refractivity contribution in [3.63, 3.8) is 0 Å². The van der Waals surface area contributed by atoms with Crippen LogP contribution in [0, 0.1) is 5.92 Å². The molecule has 1 unspecified atom stereocenters. The van der Waals surface area contributed by atoms with Gasteiger partial charge in [-0.2, -0.15) is 0 Å². The van der Waals surface area contributed by atoms with Gasteiger partial charge in [-0.15, -0.1) is 0 Å². The molecular weight excluding hydrogens is 394 g/mol. The van der Waals surface area contributed by atoms with E-state index in [2.05, 4.69) is 29.3 Å². The van der Waals surface area contributed by atoms with Crippen molar-refractivity contribution in [1.29, 1.82) is 0 Å². The van der Waals surface area contributed by atoms with Crippen molar-refractivity contribution in [2.45, 2.75) is 19.8 Å². The molecule has 7 nitrogen and oxygen atoms in total. The van der Waals surface area contributed by atoms with Crippen molar-refractivity contribution in [2.24, 2.45) is 5.92 Å². The summed E-state index contributed by atoms with van der Waals surface area (Å²) in [6, 6.07) is 15.7. The van der Waals surface area contributed by atoms with Gasteiger partial charge in [0.05, 0.1) is 5.92 Å². The highest BCUT2D eigenvalue weighted by Gasteiger charge is 2.35. The number of hydrogen-bond donors (Lipinski definition) is 1. The van der Waals surface area contributed by atoms with Crippen molar-refractivity contribution in [3.8, 4) is 11.5 Å². The number of carbonyl (C=O) groups excluding carboxylic acids is 2. The summed E-state index contributed by atoms with van der Waals surface area (Å²) in [6.07, 6.45) is 1.08. The summed E-state index contributed by atoms with van der Waals surface area (Å²) in [7, 11) is 0. The van der Waals surface area contributed by atoms with Crippen molar-refractivity contribution >= 4 is 23.2 Å². The second-order valence-electron chi connectivity index (χ2n) is 7.79. The van der Waals surface area contributed by atoms with Crippen LogP contribution in [0.2, 0.25) is 0 Å². The van der Waals surface area contributed by atoms with Gasteiger partial charge in [0.25, 0.3) is 0 Å². The van der Waals surface area contributed by atoms with E-state index < -0.39 is 0 Å². The highest BCUT2D eigenvalue weighted by Crippen LogP contribution is 2.36. The van der Waals surface area contributed by atoms with Gasteiger partial charge in [0.15, 0.2) is 11.5 Å². The van der Waals surface area contributed by atoms with E-state index in [0.717, 1.165) is 25.2 Å². The molecule has 2 heterocycles. The van der Waals surface area contributed by atoms with Crippen LogP contribution in [0.5, 0.6) is 11.5 Å². The molecule has 2 aliphatic rings. The van der Waals surface area contributed by atoms with Gasteiger partial charge in [0, 0.05) is 50.0 Å². The zero-order valence-corrected chi connectivity index (χ0v) is 17.9. The topological polar surface area (TPSA) is 71.1 Å². The molecule has 1 atom stereocenters. The van der Waals surface area contributed by atoms with Crippen LogP contribution in [0.15, 0.2) is 48.5 Å². The molecule has 0 aliphatic carbocycles. The minimum absolute atomic E-state index is 0.0435. The van der Waals surface area contributed by atoms with Crippen LogP contribution in [-0.4, -0.2) is 51.2 Å². The van der Waals surface area contributed by atoms with Crippen LogP contribution >= 0.6 is 0 Å². The molecule has 2 aromatic carbocycles. The molecule has 2 amide bonds. The summed E-state index contributed by atoms with van der Waals surface area (Å²) in [4.78, 5) is 29.1. The molecule has 7 heteroatoms. The Morgan fingerprint density at radius 2 is 1.90 bits per heavy atom. The number of amides is 2. The summed E-state index contributed by atoms with van der Waals surface area (Å²) >= 11 is 0. The lowest BCUT2D eigenvalue weighted by atomic mass is 10.1. The van der Waals surface area contributed by atoms with Crippen molar-refractivity contribution < 1.29 is 19.1 Å². The Morgan fingerprint density at radius 1 is 1.13 bits per heavy atom. The van der Waals surface area contributed by atoms with Gasteiger partial charge in [-0.05, 0) is 37.6 Å². The standard InChI is InChI=1S/C24H29N3O4/c1-2-26(19-7-4-3-5-8-19)12-6-11-25-24(29)18-15-23(28)27(17-18)20-9-10-21-22(16-20)31-14-13-30-21/h3-5,7-10,16,18H,2,6,11-15,17H2,1H3,(H,25,29). The minimum atomic E-state index is -0.336. The number of rotatable bonds is 8. The van der Waals surface area contributed by atoms with Gasteiger partial charge in [-0.25, -0.2) is 0 Å². The van der Waals surface area contributed by atoms with Gasteiger partial charge < -0.3 is 24.6 Å². The number of ether oxygens (including phenoxy) is 2. The molecule has 4 rings (SSSR count). The molecule has 1 N–H and O–H groups in total. The summed E-state index contributed by atoms with van der Waals surface area (Å²) in [5.41, 5.74) is 1.93. The fraction of sp³-hybridized carbons (Fsp3) is 0.417. The van der Waals surface area contributed by atoms with Crippen LogP contribution in [0.4, 0.5) is 11.4 Å². The van der Waals surface area contributed by atoms with E-state index in [-0.39, 0.29) is 24.2 Å². The van der Waals surface area contributed by atoms with E-state index in [1.165, 1.54) is 5.69 Å². The van der Waals surface area contributed by atoms with E-state index in [0.29, 0.717) is 37.8 Å². The third-order valence-electron chi connectivity index (χ3n) is 5.74. The molecule has 2 aromatic rings. The quantitative estimate of drug-likeness (QED) is 0.661. The first-order valence-corrected chi connectivity index (χ1v) is 10.9. The maximum absolute atomic E-state index is 12.6. The maximum atomic E-state index is 12.6. The molecule has 0 aromatic heterocycles. The van der Waals surface area contributed by atoms with Crippen LogP contribution < -0.4 is 24.6 Å². The van der Waals surface area contributed by atoms with E-state index in [4.69, 9.17) is 9.47 Å². The molecule has 0 bridgehead atoms. The Morgan fingerprint density at radius 3 is 2.68 bits per heavy atom. The highest BCUT2D eigenvalue weighted by molar-refractivity contribution is 6.00. The molecule has 31 heavy (non-hydrogen) atoms. The average Bonchev–Trinajstić information content (AvgIpc) is 3.21. The van der Waals surface area contributed by atoms with Crippen molar-refractivity contribution in [1.82, 2.24) is 5.32 Å². The zero-order valence-electron chi connectivity index (χ0n) is 17.9. The third kappa shape index (κ3) is 4.93. The Bertz CT molecular complexity index is 918. The summed E-state index contributed by atoms with van der Waals surface area (Å²) in [5, 5.41) is 3.01. The first kappa shape index (κ1) is 21.0. The van der Waals surface area contributed by atoms with Gasteiger partial charge in [-0.3, -0.25) is 9.59 Å². The number of nitrogens with one attached hydrogen (secondary N) is 1. The zero-order chi connectivity index (χ0) is 21.6. The second kappa shape index (κ2) is 9.73. The molecular formula is C24H29N3O4. The number of benzene rings is 2. The molecule has 1 fully saturated rings. The van der Waals surface area contributed by atoms with E-state index >= 15 is 0 Å². The molecule has 2 aliphatic heterocycles. The number of nitrogens with zero attached hydrogens (tertiary/aromatic N) is 2. The normalized spacial score (nSPS) is 17.5. The average molecular weight is 424 g/mol. The van der Waals surface area contributed by atoms with Gasteiger partial charge in [-0.1, -0.05) is 18.2 Å². The molecule has 1 saturated heterocycles. The number of para-hydroxylation sites is 1. The molecule has 164 valence electrons. The number of carbonyl (C=O) groups is 2.